The van der Waals surface area contributed by atoms with Crippen molar-refractivity contribution in [3.63, 3.8) is 0 Å². The molecular formula is C15H21N3O. The molecule has 0 atom stereocenters. The molecule has 19 heavy (non-hydrogen) atoms. The third kappa shape index (κ3) is 2.00. The number of hydrogen-bond acceptors (Lipinski definition) is 3. The summed E-state index contributed by atoms with van der Waals surface area (Å²) in [5, 5.41) is 0. The zero-order valence-electron chi connectivity index (χ0n) is 11.6. The molecule has 3 rings (SSSR count). The van der Waals surface area contributed by atoms with E-state index in [-0.39, 0.29) is 0 Å². The van der Waals surface area contributed by atoms with E-state index in [0.29, 0.717) is 5.41 Å². The van der Waals surface area contributed by atoms with Crippen LogP contribution in [-0.2, 0) is 13.5 Å². The van der Waals surface area contributed by atoms with Crippen LogP contribution in [0.2, 0.25) is 0 Å². The first-order chi connectivity index (χ1) is 9.17. The maximum Gasteiger partial charge on any atom is 0.121 e. The summed E-state index contributed by atoms with van der Waals surface area (Å²) < 4.78 is 7.44. The number of rotatable bonds is 4. The number of fused-ring (bicyclic) bond motifs is 1. The minimum atomic E-state index is 0.291. The van der Waals surface area contributed by atoms with Gasteiger partial charge in [-0.25, -0.2) is 4.98 Å². The van der Waals surface area contributed by atoms with E-state index in [1.807, 2.05) is 12.1 Å². The quantitative estimate of drug-likeness (QED) is 0.916. The molecule has 0 bridgehead atoms. The van der Waals surface area contributed by atoms with Gasteiger partial charge in [0.05, 0.1) is 18.1 Å². The van der Waals surface area contributed by atoms with Gasteiger partial charge in [-0.3, -0.25) is 0 Å². The lowest BCUT2D eigenvalue weighted by Crippen LogP contribution is -2.39. The summed E-state index contributed by atoms with van der Waals surface area (Å²) in [7, 11) is 3.77. The zero-order valence-corrected chi connectivity index (χ0v) is 11.6. The monoisotopic (exact) mass is 259 g/mol. The van der Waals surface area contributed by atoms with Crippen LogP contribution in [0.15, 0.2) is 18.2 Å². The number of benzene rings is 1. The number of nitrogens with zero attached hydrogens (tertiary/aromatic N) is 2. The first-order valence-electron chi connectivity index (χ1n) is 6.87. The maximum absolute atomic E-state index is 5.95. The Labute approximate surface area is 113 Å². The first kappa shape index (κ1) is 12.5. The van der Waals surface area contributed by atoms with Crippen molar-refractivity contribution < 1.29 is 4.74 Å². The van der Waals surface area contributed by atoms with Crippen molar-refractivity contribution >= 4 is 11.0 Å². The second-order valence-electron chi connectivity index (χ2n) is 5.68. The highest BCUT2D eigenvalue weighted by Gasteiger charge is 2.36. The van der Waals surface area contributed by atoms with Crippen LogP contribution in [0.3, 0.4) is 0 Å². The number of aryl methyl sites for hydroxylation is 1. The molecule has 1 heterocycles. The Morgan fingerprint density at radius 2 is 2.21 bits per heavy atom. The van der Waals surface area contributed by atoms with Crippen LogP contribution < -0.4 is 10.5 Å². The molecule has 0 spiro atoms. The summed E-state index contributed by atoms with van der Waals surface area (Å²) in [5.41, 5.74) is 8.40. The van der Waals surface area contributed by atoms with Gasteiger partial charge in [0.1, 0.15) is 11.6 Å². The van der Waals surface area contributed by atoms with E-state index in [1.165, 1.54) is 19.3 Å². The van der Waals surface area contributed by atoms with E-state index in [2.05, 4.69) is 17.7 Å². The Morgan fingerprint density at radius 1 is 1.42 bits per heavy atom. The van der Waals surface area contributed by atoms with Gasteiger partial charge in [-0.2, -0.15) is 0 Å². The van der Waals surface area contributed by atoms with Crippen LogP contribution in [0.5, 0.6) is 5.75 Å². The minimum absolute atomic E-state index is 0.291. The summed E-state index contributed by atoms with van der Waals surface area (Å²) in [6.07, 6.45) is 4.75. The highest BCUT2D eigenvalue weighted by Crippen LogP contribution is 2.42. The number of imidazole rings is 1. The second-order valence-corrected chi connectivity index (χ2v) is 5.68. The molecular weight excluding hydrogens is 238 g/mol. The molecule has 1 saturated carbocycles. The van der Waals surface area contributed by atoms with Gasteiger partial charge in [-0.1, -0.05) is 6.42 Å². The largest absolute Gasteiger partial charge is 0.497 e. The Bertz CT molecular complexity index is 593. The third-order valence-corrected chi connectivity index (χ3v) is 4.56. The van der Waals surface area contributed by atoms with Crippen LogP contribution in [0.4, 0.5) is 0 Å². The summed E-state index contributed by atoms with van der Waals surface area (Å²) in [4.78, 5) is 4.76. The third-order valence-electron chi connectivity index (χ3n) is 4.56. The lowest BCUT2D eigenvalue weighted by molar-refractivity contribution is 0.140. The minimum Gasteiger partial charge on any atom is -0.497 e. The summed E-state index contributed by atoms with van der Waals surface area (Å²) >= 11 is 0. The van der Waals surface area contributed by atoms with Gasteiger partial charge < -0.3 is 15.0 Å². The predicted octanol–water partition coefficient (Wildman–Crippen LogP) is 2.25. The summed E-state index contributed by atoms with van der Waals surface area (Å²) in [6.45, 7) is 0.763. The SMILES string of the molecule is COc1ccc2c(c1)nc(CC1(CN)CCC1)n2C. The van der Waals surface area contributed by atoms with Crippen molar-refractivity contribution in [3.8, 4) is 5.75 Å². The molecule has 0 aliphatic heterocycles. The zero-order chi connectivity index (χ0) is 13.5. The van der Waals surface area contributed by atoms with E-state index in [9.17, 15) is 0 Å². The Kier molecular flexibility index (Phi) is 2.97. The van der Waals surface area contributed by atoms with E-state index < -0.39 is 0 Å². The topological polar surface area (TPSA) is 53.1 Å². The van der Waals surface area contributed by atoms with Crippen LogP contribution in [0.1, 0.15) is 25.1 Å². The Hall–Kier alpha value is -1.55. The molecule has 2 N–H and O–H groups in total. The summed E-state index contributed by atoms with van der Waals surface area (Å²) in [6, 6.07) is 6.05. The number of ether oxygens (including phenoxy) is 1. The molecule has 102 valence electrons. The fraction of sp³-hybridized carbons (Fsp3) is 0.533. The van der Waals surface area contributed by atoms with E-state index in [4.69, 9.17) is 15.5 Å². The molecule has 4 nitrogen and oxygen atoms in total. The van der Waals surface area contributed by atoms with Crippen molar-refractivity contribution in [3.05, 3.63) is 24.0 Å². The van der Waals surface area contributed by atoms with Crippen molar-refractivity contribution in [1.29, 1.82) is 0 Å². The van der Waals surface area contributed by atoms with Crippen molar-refractivity contribution in [2.45, 2.75) is 25.7 Å². The highest BCUT2D eigenvalue weighted by atomic mass is 16.5. The number of hydrogen-bond donors (Lipinski definition) is 1. The van der Waals surface area contributed by atoms with Gasteiger partial charge in [0, 0.05) is 19.5 Å². The molecule has 4 heteroatoms. The van der Waals surface area contributed by atoms with Gasteiger partial charge >= 0.3 is 0 Å². The molecule has 1 aromatic heterocycles. The normalized spacial score (nSPS) is 17.4. The standard InChI is InChI=1S/C15H21N3O/c1-18-13-5-4-11(19-2)8-12(13)17-14(18)9-15(10-16)6-3-7-15/h4-5,8H,3,6-7,9-10,16H2,1-2H3. The molecule has 2 aromatic rings. The molecule has 1 aromatic carbocycles. The molecule has 1 aliphatic rings. The fourth-order valence-corrected chi connectivity index (χ4v) is 2.98. The predicted molar refractivity (Wildman–Crippen MR) is 76.3 cm³/mol. The first-order valence-corrected chi connectivity index (χ1v) is 6.87. The lowest BCUT2D eigenvalue weighted by atomic mass is 9.66. The second kappa shape index (κ2) is 4.53. The molecule has 0 saturated heterocycles. The molecule has 0 radical (unpaired) electrons. The van der Waals surface area contributed by atoms with E-state index in [1.54, 1.807) is 7.11 Å². The fourth-order valence-electron chi connectivity index (χ4n) is 2.98. The molecule has 0 amide bonds. The highest BCUT2D eigenvalue weighted by molar-refractivity contribution is 5.77. The van der Waals surface area contributed by atoms with Gasteiger partial charge in [-0.15, -0.1) is 0 Å². The Balaban J connectivity index is 1.97. The van der Waals surface area contributed by atoms with Crippen molar-refractivity contribution in [1.82, 2.24) is 9.55 Å². The number of aromatic nitrogens is 2. The van der Waals surface area contributed by atoms with E-state index >= 15 is 0 Å². The van der Waals surface area contributed by atoms with E-state index in [0.717, 1.165) is 35.6 Å². The van der Waals surface area contributed by atoms with Crippen LogP contribution in [0, 0.1) is 5.41 Å². The number of nitrogens with two attached hydrogens (primary N) is 1. The van der Waals surface area contributed by atoms with Gasteiger partial charge in [0.25, 0.3) is 0 Å². The van der Waals surface area contributed by atoms with Crippen LogP contribution >= 0.6 is 0 Å². The smallest absolute Gasteiger partial charge is 0.121 e. The van der Waals surface area contributed by atoms with Crippen LogP contribution in [-0.4, -0.2) is 23.2 Å². The summed E-state index contributed by atoms with van der Waals surface area (Å²) in [5.74, 6) is 1.99. The van der Waals surface area contributed by atoms with Gasteiger partial charge in [-0.05, 0) is 36.9 Å². The maximum atomic E-state index is 5.95. The average Bonchev–Trinajstić information content (AvgIpc) is 2.70. The number of methoxy groups -OCH3 is 1. The Morgan fingerprint density at radius 3 is 2.79 bits per heavy atom. The van der Waals surface area contributed by atoms with Gasteiger partial charge in [0.2, 0.25) is 0 Å². The van der Waals surface area contributed by atoms with Crippen LogP contribution in [0.25, 0.3) is 11.0 Å². The lowest BCUT2D eigenvalue weighted by Gasteiger charge is -2.40. The average molecular weight is 259 g/mol. The van der Waals surface area contributed by atoms with Gasteiger partial charge in [0.15, 0.2) is 0 Å². The van der Waals surface area contributed by atoms with Crippen molar-refractivity contribution in [2.24, 2.45) is 18.2 Å². The molecule has 0 unspecified atom stereocenters. The molecule has 1 fully saturated rings. The van der Waals surface area contributed by atoms with Crippen molar-refractivity contribution in [2.75, 3.05) is 13.7 Å². The molecule has 1 aliphatic carbocycles.